The van der Waals surface area contributed by atoms with Crippen LogP contribution in [0.1, 0.15) is 38.3 Å². The summed E-state index contributed by atoms with van der Waals surface area (Å²) in [5.41, 5.74) is 2.69. The number of hydrogen-bond donors (Lipinski definition) is 2. The maximum absolute atomic E-state index is 11.2. The summed E-state index contributed by atoms with van der Waals surface area (Å²) in [5, 5.41) is 12.0. The van der Waals surface area contributed by atoms with Gasteiger partial charge in [-0.15, -0.1) is 0 Å². The summed E-state index contributed by atoms with van der Waals surface area (Å²) < 4.78 is 0. The molecule has 0 saturated heterocycles. The van der Waals surface area contributed by atoms with E-state index in [1.807, 2.05) is 0 Å². The van der Waals surface area contributed by atoms with Gasteiger partial charge < -0.3 is 0 Å². The van der Waals surface area contributed by atoms with Crippen LogP contribution in [0.4, 0.5) is 11.6 Å². The number of nitrogens with zero attached hydrogens (tertiary/aromatic N) is 3. The van der Waals surface area contributed by atoms with E-state index in [2.05, 4.69) is 22.3 Å². The summed E-state index contributed by atoms with van der Waals surface area (Å²) in [7, 11) is 0. The quantitative estimate of drug-likeness (QED) is 0.380. The fourth-order valence-corrected chi connectivity index (χ4v) is 4.04. The predicted octanol–water partition coefficient (Wildman–Crippen LogP) is 2.65. The van der Waals surface area contributed by atoms with Crippen LogP contribution in [0.5, 0.6) is 0 Å². The van der Waals surface area contributed by atoms with Crippen molar-refractivity contribution in [2.24, 2.45) is 11.8 Å². The van der Waals surface area contributed by atoms with Gasteiger partial charge in [0, 0.05) is 5.25 Å². The molecule has 0 bridgehead atoms. The molecule has 2 rings (SSSR count). The Morgan fingerprint density at radius 2 is 2.20 bits per heavy atom. The van der Waals surface area contributed by atoms with Gasteiger partial charge in [0.2, 0.25) is 5.95 Å². The Labute approximate surface area is 121 Å². The summed E-state index contributed by atoms with van der Waals surface area (Å²) in [6, 6.07) is 0. The van der Waals surface area contributed by atoms with Crippen LogP contribution in [-0.4, -0.2) is 20.1 Å². The van der Waals surface area contributed by atoms with Crippen molar-refractivity contribution in [3.63, 3.8) is 0 Å². The molecule has 0 spiro atoms. The number of nitrogen functional groups attached to an aromatic ring is 1. The standard InChI is InChI=1S/C12H19N5O2S/c1-7-4-3-5-9(6-7)20-11-10(17(18)19)8(2)14-12(15-11)16-13/h7,9H,3-6,13H2,1-2H3,(H,14,15,16). The number of thioether (sulfide) groups is 1. The normalized spacial score (nSPS) is 22.6. The minimum absolute atomic E-state index is 0.00720. The first kappa shape index (κ1) is 15.0. The van der Waals surface area contributed by atoms with Crippen molar-refractivity contribution in [3.8, 4) is 0 Å². The molecule has 0 amide bonds. The zero-order chi connectivity index (χ0) is 14.7. The topological polar surface area (TPSA) is 107 Å². The summed E-state index contributed by atoms with van der Waals surface area (Å²) in [6.07, 6.45) is 4.53. The highest BCUT2D eigenvalue weighted by molar-refractivity contribution is 8.00. The van der Waals surface area contributed by atoms with Crippen LogP contribution in [0.15, 0.2) is 5.03 Å². The maximum Gasteiger partial charge on any atom is 0.322 e. The molecule has 3 N–H and O–H groups in total. The van der Waals surface area contributed by atoms with E-state index < -0.39 is 4.92 Å². The van der Waals surface area contributed by atoms with E-state index in [0.717, 1.165) is 12.8 Å². The first-order valence-electron chi connectivity index (χ1n) is 6.67. The third kappa shape index (κ3) is 3.37. The number of nitrogens with two attached hydrogens (primary N) is 1. The molecule has 1 aliphatic rings. The number of hydrogen-bond acceptors (Lipinski definition) is 7. The molecule has 1 aromatic heterocycles. The van der Waals surface area contributed by atoms with Crippen LogP contribution in [-0.2, 0) is 0 Å². The van der Waals surface area contributed by atoms with Crippen molar-refractivity contribution in [2.75, 3.05) is 5.43 Å². The predicted molar refractivity (Wildman–Crippen MR) is 78.5 cm³/mol. The van der Waals surface area contributed by atoms with Crippen LogP contribution in [0.2, 0.25) is 0 Å². The fourth-order valence-electron chi connectivity index (χ4n) is 2.54. The van der Waals surface area contributed by atoms with Crippen LogP contribution >= 0.6 is 11.8 Å². The van der Waals surface area contributed by atoms with E-state index in [1.54, 1.807) is 6.92 Å². The number of aryl methyl sites for hydroxylation is 1. The number of anilines is 1. The molecule has 1 saturated carbocycles. The molecule has 0 radical (unpaired) electrons. The van der Waals surface area contributed by atoms with Crippen molar-refractivity contribution in [3.05, 3.63) is 15.8 Å². The summed E-state index contributed by atoms with van der Waals surface area (Å²) in [5.74, 6) is 6.20. The van der Waals surface area contributed by atoms with Gasteiger partial charge in [0.1, 0.15) is 5.69 Å². The van der Waals surface area contributed by atoms with Gasteiger partial charge in [-0.1, -0.05) is 31.5 Å². The van der Waals surface area contributed by atoms with Gasteiger partial charge in [-0.3, -0.25) is 15.5 Å². The van der Waals surface area contributed by atoms with Crippen molar-refractivity contribution < 1.29 is 4.92 Å². The molecule has 2 atom stereocenters. The fraction of sp³-hybridized carbons (Fsp3) is 0.667. The van der Waals surface area contributed by atoms with E-state index >= 15 is 0 Å². The lowest BCUT2D eigenvalue weighted by Crippen LogP contribution is -2.17. The lowest BCUT2D eigenvalue weighted by molar-refractivity contribution is -0.389. The lowest BCUT2D eigenvalue weighted by atomic mass is 9.91. The Balaban J connectivity index is 2.28. The molecule has 0 aliphatic heterocycles. The SMILES string of the molecule is Cc1nc(NN)nc(SC2CCCC(C)C2)c1[N+](=O)[O-]. The van der Waals surface area contributed by atoms with Crippen LogP contribution in [0.3, 0.4) is 0 Å². The molecule has 1 aromatic rings. The van der Waals surface area contributed by atoms with Gasteiger partial charge in [0.15, 0.2) is 5.03 Å². The molecule has 1 heterocycles. The van der Waals surface area contributed by atoms with E-state index in [1.165, 1.54) is 24.6 Å². The highest BCUT2D eigenvalue weighted by atomic mass is 32.2. The number of hydrazine groups is 1. The molecule has 1 aliphatic carbocycles. The minimum atomic E-state index is -0.412. The number of rotatable bonds is 4. The number of nitrogens with one attached hydrogen (secondary N) is 1. The van der Waals surface area contributed by atoms with Crippen LogP contribution < -0.4 is 11.3 Å². The minimum Gasteiger partial charge on any atom is -0.292 e. The Kier molecular flexibility index (Phi) is 4.77. The molecule has 8 heteroatoms. The Bertz CT molecular complexity index is 511. The van der Waals surface area contributed by atoms with Crippen LogP contribution in [0, 0.1) is 23.0 Å². The van der Waals surface area contributed by atoms with Gasteiger partial charge in [-0.05, 0) is 25.7 Å². The van der Waals surface area contributed by atoms with Crippen molar-refractivity contribution in [2.45, 2.75) is 49.8 Å². The summed E-state index contributed by atoms with van der Waals surface area (Å²) >= 11 is 1.48. The largest absolute Gasteiger partial charge is 0.322 e. The second-order valence-electron chi connectivity index (χ2n) is 5.20. The Morgan fingerprint density at radius 3 is 2.80 bits per heavy atom. The first-order chi connectivity index (χ1) is 9.51. The second kappa shape index (κ2) is 6.36. The molecule has 20 heavy (non-hydrogen) atoms. The zero-order valence-electron chi connectivity index (χ0n) is 11.6. The smallest absolute Gasteiger partial charge is 0.292 e. The highest BCUT2D eigenvalue weighted by Gasteiger charge is 2.27. The van der Waals surface area contributed by atoms with Crippen molar-refractivity contribution in [1.29, 1.82) is 0 Å². The molecule has 1 fully saturated rings. The Hall–Kier alpha value is -1.41. The lowest BCUT2D eigenvalue weighted by Gasteiger charge is -2.25. The van der Waals surface area contributed by atoms with Gasteiger partial charge in [0.25, 0.3) is 0 Å². The van der Waals surface area contributed by atoms with Crippen molar-refractivity contribution >= 4 is 23.4 Å². The summed E-state index contributed by atoms with van der Waals surface area (Å²) in [6.45, 7) is 3.83. The van der Waals surface area contributed by atoms with Crippen LogP contribution in [0.25, 0.3) is 0 Å². The molecular weight excluding hydrogens is 278 g/mol. The van der Waals surface area contributed by atoms with E-state index in [9.17, 15) is 10.1 Å². The number of nitro groups is 1. The third-order valence-electron chi connectivity index (χ3n) is 3.50. The van der Waals surface area contributed by atoms with Crippen molar-refractivity contribution in [1.82, 2.24) is 9.97 Å². The van der Waals surface area contributed by atoms with Gasteiger partial charge in [0.05, 0.1) is 4.92 Å². The highest BCUT2D eigenvalue weighted by Crippen LogP contribution is 2.39. The van der Waals surface area contributed by atoms with Gasteiger partial charge in [-0.2, -0.15) is 4.98 Å². The average molecular weight is 297 g/mol. The molecule has 7 nitrogen and oxygen atoms in total. The van der Waals surface area contributed by atoms with E-state index in [4.69, 9.17) is 5.84 Å². The average Bonchev–Trinajstić information content (AvgIpc) is 2.37. The van der Waals surface area contributed by atoms with E-state index in [-0.39, 0.29) is 11.6 Å². The first-order valence-corrected chi connectivity index (χ1v) is 7.55. The van der Waals surface area contributed by atoms with Gasteiger partial charge in [-0.25, -0.2) is 10.8 Å². The Morgan fingerprint density at radius 1 is 1.45 bits per heavy atom. The molecule has 110 valence electrons. The maximum atomic E-state index is 11.2. The molecular formula is C12H19N5O2S. The number of aromatic nitrogens is 2. The zero-order valence-corrected chi connectivity index (χ0v) is 12.4. The summed E-state index contributed by atoms with van der Waals surface area (Å²) in [4.78, 5) is 18.9. The molecule has 2 unspecified atom stereocenters. The second-order valence-corrected chi connectivity index (χ2v) is 6.49. The monoisotopic (exact) mass is 297 g/mol. The van der Waals surface area contributed by atoms with Gasteiger partial charge >= 0.3 is 5.69 Å². The molecule has 0 aromatic carbocycles. The third-order valence-corrected chi connectivity index (χ3v) is 4.77. The van der Waals surface area contributed by atoms with E-state index in [0.29, 0.717) is 21.9 Å².